The molecule has 0 saturated carbocycles. The average molecular weight is 467 g/mol. The van der Waals surface area contributed by atoms with Gasteiger partial charge in [0, 0.05) is 7.05 Å². The number of hydrogen-bond acceptors (Lipinski definition) is 9. The molecular formula is C20H18N8O2S2. The molecule has 1 atom stereocenters. The van der Waals surface area contributed by atoms with Crippen LogP contribution in [0.1, 0.15) is 23.8 Å². The van der Waals surface area contributed by atoms with Crippen LogP contribution in [0.5, 0.6) is 0 Å². The number of hydrogen-bond donors (Lipinski definition) is 0. The minimum atomic E-state index is -0.221. The second kappa shape index (κ2) is 8.20. The van der Waals surface area contributed by atoms with Crippen molar-refractivity contribution in [3.63, 3.8) is 0 Å². The quantitative estimate of drug-likeness (QED) is 0.350. The van der Waals surface area contributed by atoms with Crippen molar-refractivity contribution in [1.82, 2.24) is 39.7 Å². The van der Waals surface area contributed by atoms with Crippen LogP contribution < -0.4 is 5.56 Å². The van der Waals surface area contributed by atoms with E-state index in [1.807, 2.05) is 68.7 Å². The minimum Gasteiger partial charge on any atom is -0.338 e. The summed E-state index contributed by atoms with van der Waals surface area (Å²) in [5.74, 6) is 1.01. The lowest BCUT2D eigenvalue weighted by Crippen LogP contribution is -2.22. The first kappa shape index (κ1) is 20.4. The van der Waals surface area contributed by atoms with E-state index in [-0.39, 0.29) is 10.8 Å². The minimum absolute atomic E-state index is 0.212. The van der Waals surface area contributed by atoms with Crippen molar-refractivity contribution in [2.24, 2.45) is 7.05 Å². The van der Waals surface area contributed by atoms with E-state index >= 15 is 0 Å². The first-order valence-corrected chi connectivity index (χ1v) is 11.5. The number of benzene rings is 1. The van der Waals surface area contributed by atoms with Crippen LogP contribution in [0.15, 0.2) is 62.3 Å². The van der Waals surface area contributed by atoms with Gasteiger partial charge < -0.3 is 4.52 Å². The van der Waals surface area contributed by atoms with E-state index in [2.05, 4.69) is 25.7 Å². The highest BCUT2D eigenvalue weighted by Gasteiger charge is 2.25. The monoisotopic (exact) mass is 466 g/mol. The fourth-order valence-electron chi connectivity index (χ4n) is 3.31. The van der Waals surface area contributed by atoms with Crippen LogP contribution in [-0.4, -0.2) is 39.7 Å². The lowest BCUT2D eigenvalue weighted by molar-refractivity contribution is 0.380. The van der Waals surface area contributed by atoms with E-state index in [0.29, 0.717) is 22.6 Å². The Morgan fingerprint density at radius 1 is 1.16 bits per heavy atom. The number of thioether (sulfide) groups is 1. The van der Waals surface area contributed by atoms with Crippen molar-refractivity contribution in [3.8, 4) is 22.1 Å². The van der Waals surface area contributed by atoms with Crippen molar-refractivity contribution in [2.75, 3.05) is 0 Å². The maximum Gasteiger partial charge on any atom is 0.297 e. The Morgan fingerprint density at radius 2 is 1.97 bits per heavy atom. The van der Waals surface area contributed by atoms with Crippen molar-refractivity contribution in [2.45, 2.75) is 24.3 Å². The standard InChI is InChI=1S/C20H18N8O2S2/c1-12-16(19(29)28(26(12)3)14-8-5-4-6-9-14)27-20(22-24-25-27)32-13(2)18-21-17(23-30-18)15-10-7-11-31-15/h4-11,13H,1-3H3. The molecule has 0 aliphatic heterocycles. The molecular weight excluding hydrogens is 448 g/mol. The van der Waals surface area contributed by atoms with Crippen LogP contribution >= 0.6 is 23.1 Å². The molecule has 1 unspecified atom stereocenters. The number of thiophene rings is 1. The molecule has 0 N–H and O–H groups in total. The van der Waals surface area contributed by atoms with E-state index in [4.69, 9.17) is 4.52 Å². The lowest BCUT2D eigenvalue weighted by Gasteiger charge is -2.07. The molecule has 162 valence electrons. The van der Waals surface area contributed by atoms with E-state index in [1.165, 1.54) is 16.4 Å². The van der Waals surface area contributed by atoms with Crippen LogP contribution in [0.25, 0.3) is 22.1 Å². The van der Waals surface area contributed by atoms with E-state index in [9.17, 15) is 4.79 Å². The summed E-state index contributed by atoms with van der Waals surface area (Å²) >= 11 is 2.88. The van der Waals surface area contributed by atoms with Crippen molar-refractivity contribution in [3.05, 3.63) is 69.8 Å². The number of rotatable bonds is 6. The molecule has 32 heavy (non-hydrogen) atoms. The summed E-state index contributed by atoms with van der Waals surface area (Å²) in [6.07, 6.45) is 0. The molecule has 4 heterocycles. The van der Waals surface area contributed by atoms with Gasteiger partial charge in [-0.05, 0) is 47.9 Å². The second-order valence-electron chi connectivity index (χ2n) is 6.98. The predicted octanol–water partition coefficient (Wildman–Crippen LogP) is 3.42. The van der Waals surface area contributed by atoms with Gasteiger partial charge in [-0.15, -0.1) is 16.4 Å². The summed E-state index contributed by atoms with van der Waals surface area (Å²) in [4.78, 5) is 18.8. The summed E-state index contributed by atoms with van der Waals surface area (Å²) in [7, 11) is 1.83. The Hall–Kier alpha value is -3.51. The highest BCUT2D eigenvalue weighted by Crippen LogP contribution is 2.34. The number of nitrogens with zero attached hydrogens (tertiary/aromatic N) is 8. The van der Waals surface area contributed by atoms with Gasteiger partial charge in [0.05, 0.1) is 21.5 Å². The fraction of sp³-hybridized carbons (Fsp3) is 0.200. The van der Waals surface area contributed by atoms with Gasteiger partial charge in [0.25, 0.3) is 5.56 Å². The molecule has 10 nitrogen and oxygen atoms in total. The zero-order valence-corrected chi connectivity index (χ0v) is 19.0. The molecule has 4 aromatic heterocycles. The van der Waals surface area contributed by atoms with Gasteiger partial charge in [-0.1, -0.05) is 41.2 Å². The number of para-hydroxylation sites is 1. The molecule has 0 fully saturated rings. The molecule has 5 rings (SSSR count). The molecule has 0 spiro atoms. The van der Waals surface area contributed by atoms with Crippen LogP contribution in [0.4, 0.5) is 0 Å². The largest absolute Gasteiger partial charge is 0.338 e. The summed E-state index contributed by atoms with van der Waals surface area (Å²) in [6, 6.07) is 13.3. The first-order chi connectivity index (χ1) is 15.5. The summed E-state index contributed by atoms with van der Waals surface area (Å²) in [6.45, 7) is 3.79. The van der Waals surface area contributed by atoms with Gasteiger partial charge in [-0.3, -0.25) is 9.48 Å². The molecule has 0 aliphatic carbocycles. The van der Waals surface area contributed by atoms with Crippen molar-refractivity contribution in [1.29, 1.82) is 0 Å². The van der Waals surface area contributed by atoms with Gasteiger partial charge in [-0.2, -0.15) is 9.67 Å². The highest BCUT2D eigenvalue weighted by atomic mass is 32.2. The fourth-order valence-corrected chi connectivity index (χ4v) is 4.78. The average Bonchev–Trinajstić information content (AvgIpc) is 3.58. The predicted molar refractivity (Wildman–Crippen MR) is 120 cm³/mol. The maximum atomic E-state index is 13.3. The van der Waals surface area contributed by atoms with Crippen molar-refractivity contribution >= 4 is 23.1 Å². The van der Waals surface area contributed by atoms with Gasteiger partial charge in [0.2, 0.25) is 16.9 Å². The third-order valence-electron chi connectivity index (χ3n) is 4.99. The second-order valence-corrected chi connectivity index (χ2v) is 9.23. The summed E-state index contributed by atoms with van der Waals surface area (Å²) < 4.78 is 10.3. The van der Waals surface area contributed by atoms with Crippen molar-refractivity contribution < 1.29 is 4.52 Å². The molecule has 0 radical (unpaired) electrons. The summed E-state index contributed by atoms with van der Waals surface area (Å²) in [5.41, 5.74) is 1.67. The SMILES string of the molecule is Cc1c(-n2nnnc2SC(C)c2nc(-c3cccs3)no2)c(=O)n(-c2ccccc2)n1C. The maximum absolute atomic E-state index is 13.3. The molecule has 0 bridgehead atoms. The van der Waals surface area contributed by atoms with Crippen LogP contribution in [-0.2, 0) is 7.05 Å². The topological polar surface area (TPSA) is 109 Å². The van der Waals surface area contributed by atoms with Gasteiger partial charge in [0.1, 0.15) is 0 Å². The lowest BCUT2D eigenvalue weighted by atomic mass is 10.3. The van der Waals surface area contributed by atoms with Gasteiger partial charge in [-0.25, -0.2) is 4.68 Å². The smallest absolute Gasteiger partial charge is 0.297 e. The molecule has 5 aromatic rings. The molecule has 0 saturated heterocycles. The van der Waals surface area contributed by atoms with Crippen LogP contribution in [0.3, 0.4) is 0 Å². The molecule has 12 heteroatoms. The van der Waals surface area contributed by atoms with E-state index in [0.717, 1.165) is 16.3 Å². The molecule has 0 amide bonds. The zero-order chi connectivity index (χ0) is 22.2. The summed E-state index contributed by atoms with van der Waals surface area (Å²) in [5, 5.41) is 18.3. The third kappa shape index (κ3) is 3.46. The van der Waals surface area contributed by atoms with Gasteiger partial charge in [0.15, 0.2) is 5.69 Å². The van der Waals surface area contributed by atoms with Crippen LogP contribution in [0, 0.1) is 6.92 Å². The normalized spacial score (nSPS) is 12.3. The van der Waals surface area contributed by atoms with E-state index in [1.54, 1.807) is 20.7 Å². The first-order valence-electron chi connectivity index (χ1n) is 9.71. The Kier molecular flexibility index (Phi) is 5.23. The number of tetrazole rings is 1. The molecule has 0 aliphatic rings. The number of aromatic nitrogens is 8. The Bertz CT molecular complexity index is 1420. The molecule has 1 aromatic carbocycles. The van der Waals surface area contributed by atoms with Gasteiger partial charge >= 0.3 is 0 Å². The Balaban J connectivity index is 1.48. The highest BCUT2D eigenvalue weighted by molar-refractivity contribution is 7.99. The van der Waals surface area contributed by atoms with E-state index < -0.39 is 0 Å². The Morgan fingerprint density at radius 3 is 2.72 bits per heavy atom. The Labute approximate surface area is 190 Å². The zero-order valence-electron chi connectivity index (χ0n) is 17.4. The third-order valence-corrected chi connectivity index (χ3v) is 6.88. The van der Waals surface area contributed by atoms with Crippen LogP contribution in [0.2, 0.25) is 0 Å².